The summed E-state index contributed by atoms with van der Waals surface area (Å²) in [7, 11) is 3.23. The number of benzene rings is 2. The fraction of sp³-hybridized carbons (Fsp3) is 0.263. The van der Waals surface area contributed by atoms with Crippen molar-refractivity contribution in [3.05, 3.63) is 52.8 Å². The molecule has 0 spiro atoms. The van der Waals surface area contributed by atoms with Gasteiger partial charge in [0, 0.05) is 18.2 Å². The molecule has 5 nitrogen and oxygen atoms in total. The summed E-state index contributed by atoms with van der Waals surface area (Å²) < 4.78 is 13.6. The molecule has 0 aliphatic carbocycles. The third-order valence-corrected chi connectivity index (χ3v) is 4.91. The highest BCUT2D eigenvalue weighted by molar-refractivity contribution is 7.16. The number of thiazole rings is 1. The Morgan fingerprint density at radius 3 is 2.60 bits per heavy atom. The summed E-state index contributed by atoms with van der Waals surface area (Å²) in [4.78, 5) is 17.6. The third-order valence-electron chi connectivity index (χ3n) is 3.85. The number of ether oxygens (including phenoxy) is 2. The normalized spacial score (nSPS) is 11.7. The zero-order valence-corrected chi connectivity index (χ0v) is 15.3. The van der Waals surface area contributed by atoms with Crippen molar-refractivity contribution in [1.29, 1.82) is 0 Å². The second kappa shape index (κ2) is 7.53. The fourth-order valence-electron chi connectivity index (χ4n) is 2.61. The predicted octanol–water partition coefficient (Wildman–Crippen LogP) is 3.87. The van der Waals surface area contributed by atoms with Crippen molar-refractivity contribution in [2.45, 2.75) is 19.9 Å². The van der Waals surface area contributed by atoms with E-state index in [0.29, 0.717) is 16.1 Å². The molecule has 0 unspecified atom stereocenters. The van der Waals surface area contributed by atoms with E-state index in [4.69, 9.17) is 9.47 Å². The molecule has 0 radical (unpaired) electrons. The van der Waals surface area contributed by atoms with Gasteiger partial charge in [0.15, 0.2) is 4.80 Å². The number of rotatable bonds is 5. The van der Waals surface area contributed by atoms with Gasteiger partial charge in [-0.1, -0.05) is 24.3 Å². The second-order valence-corrected chi connectivity index (χ2v) is 6.53. The minimum atomic E-state index is -0.276. The molecule has 3 aromatic rings. The summed E-state index contributed by atoms with van der Waals surface area (Å²) in [6.07, 6.45) is 0.948. The van der Waals surface area contributed by atoms with Crippen LogP contribution >= 0.6 is 11.3 Å². The summed E-state index contributed by atoms with van der Waals surface area (Å²) in [6.45, 7) is 2.89. The molecule has 0 atom stereocenters. The van der Waals surface area contributed by atoms with Gasteiger partial charge in [-0.15, -0.1) is 0 Å². The number of amides is 1. The zero-order valence-electron chi connectivity index (χ0n) is 14.5. The van der Waals surface area contributed by atoms with Gasteiger partial charge in [0.25, 0.3) is 5.91 Å². The lowest BCUT2D eigenvalue weighted by Gasteiger charge is -2.04. The topological polar surface area (TPSA) is 52.8 Å². The lowest BCUT2D eigenvalue weighted by molar-refractivity contribution is 0.0997. The van der Waals surface area contributed by atoms with E-state index < -0.39 is 0 Å². The van der Waals surface area contributed by atoms with Gasteiger partial charge in [0.05, 0.1) is 24.4 Å². The number of nitrogens with zero attached hydrogens (tertiary/aromatic N) is 2. The molecule has 2 aromatic carbocycles. The highest BCUT2D eigenvalue weighted by Gasteiger charge is 2.10. The van der Waals surface area contributed by atoms with Crippen LogP contribution in [0.25, 0.3) is 10.2 Å². The van der Waals surface area contributed by atoms with E-state index >= 15 is 0 Å². The number of hydrogen-bond acceptors (Lipinski definition) is 4. The molecule has 0 fully saturated rings. The van der Waals surface area contributed by atoms with Gasteiger partial charge in [-0.25, -0.2) is 0 Å². The molecule has 0 bridgehead atoms. The van der Waals surface area contributed by atoms with Gasteiger partial charge in [0.2, 0.25) is 0 Å². The quantitative estimate of drug-likeness (QED) is 0.697. The number of aromatic nitrogens is 1. The van der Waals surface area contributed by atoms with E-state index in [1.54, 1.807) is 38.5 Å². The van der Waals surface area contributed by atoms with Crippen LogP contribution in [0.1, 0.15) is 23.7 Å². The van der Waals surface area contributed by atoms with Crippen molar-refractivity contribution in [3.63, 3.8) is 0 Å². The van der Waals surface area contributed by atoms with Gasteiger partial charge >= 0.3 is 0 Å². The molecular formula is C19H20N2O3S. The molecule has 0 saturated heterocycles. The third kappa shape index (κ3) is 3.58. The van der Waals surface area contributed by atoms with E-state index in [1.165, 1.54) is 11.3 Å². The van der Waals surface area contributed by atoms with Crippen molar-refractivity contribution in [2.75, 3.05) is 14.2 Å². The van der Waals surface area contributed by atoms with Gasteiger partial charge in [-0.3, -0.25) is 4.79 Å². The van der Waals surface area contributed by atoms with Crippen molar-refractivity contribution in [2.24, 2.45) is 4.99 Å². The number of carbonyl (C=O) groups is 1. The van der Waals surface area contributed by atoms with Crippen LogP contribution in [0.4, 0.5) is 0 Å². The standard InChI is InChI=1S/C19H20N2O3S/c1-4-10-21-16-12-15(24-3)8-9-17(16)25-19(21)20-18(22)13-6-5-7-14(11-13)23-2/h5-9,11-12H,4,10H2,1-3H3. The van der Waals surface area contributed by atoms with E-state index in [2.05, 4.69) is 16.5 Å². The maximum absolute atomic E-state index is 12.6. The van der Waals surface area contributed by atoms with Crippen LogP contribution in [0, 0.1) is 0 Å². The molecule has 25 heavy (non-hydrogen) atoms. The highest BCUT2D eigenvalue weighted by Crippen LogP contribution is 2.23. The first kappa shape index (κ1) is 17.2. The Kier molecular flexibility index (Phi) is 5.19. The van der Waals surface area contributed by atoms with Gasteiger partial charge in [0.1, 0.15) is 11.5 Å². The van der Waals surface area contributed by atoms with Crippen LogP contribution in [-0.4, -0.2) is 24.7 Å². The van der Waals surface area contributed by atoms with Crippen LogP contribution in [0.3, 0.4) is 0 Å². The van der Waals surface area contributed by atoms with Crippen molar-refractivity contribution >= 4 is 27.5 Å². The smallest absolute Gasteiger partial charge is 0.279 e. The molecule has 130 valence electrons. The van der Waals surface area contributed by atoms with Crippen molar-refractivity contribution in [1.82, 2.24) is 4.57 Å². The SMILES string of the molecule is CCCn1c(=NC(=O)c2cccc(OC)c2)sc2ccc(OC)cc21. The van der Waals surface area contributed by atoms with E-state index in [0.717, 1.165) is 28.9 Å². The number of methoxy groups -OCH3 is 2. The Morgan fingerprint density at radius 1 is 1.12 bits per heavy atom. The first-order chi connectivity index (χ1) is 12.2. The summed E-state index contributed by atoms with van der Waals surface area (Å²) >= 11 is 1.50. The van der Waals surface area contributed by atoms with E-state index in [-0.39, 0.29) is 5.91 Å². The van der Waals surface area contributed by atoms with Crippen LogP contribution in [0.2, 0.25) is 0 Å². The molecular weight excluding hydrogens is 336 g/mol. The van der Waals surface area contributed by atoms with Gasteiger partial charge in [-0.2, -0.15) is 4.99 Å². The average Bonchev–Trinajstić information content (AvgIpc) is 2.98. The number of aryl methyl sites for hydroxylation is 1. The summed E-state index contributed by atoms with van der Waals surface area (Å²) in [5.74, 6) is 1.16. The summed E-state index contributed by atoms with van der Waals surface area (Å²) in [6, 6.07) is 12.9. The molecule has 0 N–H and O–H groups in total. The van der Waals surface area contributed by atoms with Crippen LogP contribution in [0.5, 0.6) is 11.5 Å². The number of hydrogen-bond donors (Lipinski definition) is 0. The maximum Gasteiger partial charge on any atom is 0.279 e. The van der Waals surface area contributed by atoms with Crippen LogP contribution in [0.15, 0.2) is 47.5 Å². The van der Waals surface area contributed by atoms with Crippen molar-refractivity contribution in [3.8, 4) is 11.5 Å². The lowest BCUT2D eigenvalue weighted by atomic mass is 10.2. The minimum absolute atomic E-state index is 0.276. The van der Waals surface area contributed by atoms with Gasteiger partial charge < -0.3 is 14.0 Å². The predicted molar refractivity (Wildman–Crippen MR) is 99.5 cm³/mol. The summed E-state index contributed by atoms with van der Waals surface area (Å²) in [5.41, 5.74) is 1.54. The Hall–Kier alpha value is -2.60. The zero-order chi connectivity index (χ0) is 17.8. The molecule has 0 saturated carbocycles. The summed E-state index contributed by atoms with van der Waals surface area (Å²) in [5, 5.41) is 0. The molecule has 1 aromatic heterocycles. The first-order valence-corrected chi connectivity index (χ1v) is 8.88. The van der Waals surface area contributed by atoms with Gasteiger partial charge in [-0.05, 0) is 36.8 Å². The average molecular weight is 356 g/mol. The molecule has 3 rings (SSSR count). The number of fused-ring (bicyclic) bond motifs is 1. The van der Waals surface area contributed by atoms with E-state index in [9.17, 15) is 4.79 Å². The monoisotopic (exact) mass is 356 g/mol. The molecule has 6 heteroatoms. The highest BCUT2D eigenvalue weighted by atomic mass is 32.1. The molecule has 1 heterocycles. The Bertz CT molecular complexity index is 972. The Balaban J connectivity index is 2.11. The Morgan fingerprint density at radius 2 is 1.88 bits per heavy atom. The van der Waals surface area contributed by atoms with E-state index in [1.807, 2.05) is 18.2 Å². The molecule has 0 aliphatic rings. The van der Waals surface area contributed by atoms with Crippen LogP contribution < -0.4 is 14.3 Å². The fourth-order valence-corrected chi connectivity index (χ4v) is 3.64. The lowest BCUT2D eigenvalue weighted by Crippen LogP contribution is -2.16. The maximum atomic E-state index is 12.6. The number of carbonyl (C=O) groups excluding carboxylic acids is 1. The van der Waals surface area contributed by atoms with Crippen molar-refractivity contribution < 1.29 is 14.3 Å². The minimum Gasteiger partial charge on any atom is -0.497 e. The molecule has 1 amide bonds. The largest absolute Gasteiger partial charge is 0.497 e. The second-order valence-electron chi connectivity index (χ2n) is 5.52. The Labute approximate surface area is 150 Å². The van der Waals surface area contributed by atoms with Crippen LogP contribution in [-0.2, 0) is 6.54 Å². The first-order valence-electron chi connectivity index (χ1n) is 8.06. The molecule has 0 aliphatic heterocycles.